The summed E-state index contributed by atoms with van der Waals surface area (Å²) in [6.45, 7) is 2.14. The van der Waals surface area contributed by atoms with Gasteiger partial charge in [-0.15, -0.1) is 0 Å². The van der Waals surface area contributed by atoms with Gasteiger partial charge in [0.05, 0.1) is 0 Å². The molecule has 7 heteroatoms. The van der Waals surface area contributed by atoms with Crippen LogP contribution in [0.4, 0.5) is 20.5 Å². The normalized spacial score (nSPS) is 15.8. The Balaban J connectivity index is 1.37. The first kappa shape index (κ1) is 18.4. The van der Waals surface area contributed by atoms with Crippen LogP contribution in [0.5, 0.6) is 0 Å². The fraction of sp³-hybridized carbons (Fsp3) is 0.333. The van der Waals surface area contributed by atoms with Crippen LogP contribution in [0.25, 0.3) is 11.1 Å². The van der Waals surface area contributed by atoms with Gasteiger partial charge in [-0.05, 0) is 37.1 Å². The zero-order chi connectivity index (χ0) is 19.7. The molecule has 2 heterocycles. The highest BCUT2D eigenvalue weighted by molar-refractivity contribution is 5.92. The van der Waals surface area contributed by atoms with Crippen molar-refractivity contribution >= 4 is 28.7 Å². The van der Waals surface area contributed by atoms with Crippen LogP contribution in [-0.4, -0.2) is 24.0 Å². The van der Waals surface area contributed by atoms with Crippen LogP contribution in [0.15, 0.2) is 52.9 Å². The summed E-state index contributed by atoms with van der Waals surface area (Å²) >= 11 is 0. The van der Waals surface area contributed by atoms with E-state index in [9.17, 15) is 13.6 Å². The van der Waals surface area contributed by atoms with Gasteiger partial charge in [0.2, 0.25) is 5.91 Å². The summed E-state index contributed by atoms with van der Waals surface area (Å²) in [5.41, 5.74) is 1.83. The van der Waals surface area contributed by atoms with Crippen LogP contribution < -0.4 is 10.2 Å². The molecule has 0 atom stereocenters. The lowest BCUT2D eigenvalue weighted by atomic mass is 9.96. The van der Waals surface area contributed by atoms with Gasteiger partial charge in [0.15, 0.2) is 5.58 Å². The van der Waals surface area contributed by atoms with E-state index in [1.165, 1.54) is 18.2 Å². The number of hydrogen-bond acceptors (Lipinski definition) is 4. The molecule has 0 unspecified atom stereocenters. The number of piperidine rings is 1. The maximum absolute atomic E-state index is 13.5. The molecule has 4 rings (SSSR count). The third kappa shape index (κ3) is 3.83. The fourth-order valence-electron chi connectivity index (χ4n) is 3.44. The first-order valence-corrected chi connectivity index (χ1v) is 9.30. The molecule has 1 amide bonds. The second kappa shape index (κ2) is 7.22. The number of anilines is 2. The Labute approximate surface area is 161 Å². The van der Waals surface area contributed by atoms with Gasteiger partial charge >= 0.3 is 0 Å². The maximum Gasteiger partial charge on any atom is 0.298 e. The summed E-state index contributed by atoms with van der Waals surface area (Å²) in [5, 5.41) is 2.77. The molecule has 5 nitrogen and oxygen atoms in total. The molecule has 3 aromatic rings. The molecule has 1 aliphatic heterocycles. The van der Waals surface area contributed by atoms with Crippen molar-refractivity contribution in [3.8, 4) is 0 Å². The van der Waals surface area contributed by atoms with Gasteiger partial charge < -0.3 is 14.6 Å². The molecular formula is C21H21F2N3O2. The number of fused-ring (bicyclic) bond motifs is 1. The highest BCUT2D eigenvalue weighted by atomic mass is 19.3. The zero-order valence-corrected chi connectivity index (χ0v) is 15.5. The minimum Gasteiger partial charge on any atom is -0.423 e. The van der Waals surface area contributed by atoms with Gasteiger partial charge in [-0.2, -0.15) is 4.98 Å². The number of amides is 1. The first-order chi connectivity index (χ1) is 13.4. The number of benzene rings is 2. The van der Waals surface area contributed by atoms with Crippen molar-refractivity contribution in [3.63, 3.8) is 0 Å². The highest BCUT2D eigenvalue weighted by Crippen LogP contribution is 2.30. The molecule has 0 spiro atoms. The summed E-state index contributed by atoms with van der Waals surface area (Å²) in [7, 11) is 0. The summed E-state index contributed by atoms with van der Waals surface area (Å²) in [5.74, 6) is -3.26. The van der Waals surface area contributed by atoms with Crippen molar-refractivity contribution in [1.82, 2.24) is 4.98 Å². The second-order valence-electron chi connectivity index (χ2n) is 7.18. The highest BCUT2D eigenvalue weighted by Gasteiger charge is 2.28. The largest absolute Gasteiger partial charge is 0.423 e. The summed E-state index contributed by atoms with van der Waals surface area (Å²) < 4.78 is 32.7. The van der Waals surface area contributed by atoms with Crippen molar-refractivity contribution in [1.29, 1.82) is 0 Å². The van der Waals surface area contributed by atoms with Crippen LogP contribution in [0, 0.1) is 5.92 Å². The number of nitrogens with zero attached hydrogens (tertiary/aromatic N) is 2. The number of hydrogen-bond donors (Lipinski definition) is 1. The molecule has 0 radical (unpaired) electrons. The van der Waals surface area contributed by atoms with Gasteiger partial charge in [0, 0.05) is 37.2 Å². The number of para-hydroxylation sites is 2. The molecule has 1 aliphatic rings. The van der Waals surface area contributed by atoms with E-state index in [2.05, 4.69) is 10.3 Å². The van der Waals surface area contributed by atoms with Gasteiger partial charge in [-0.3, -0.25) is 4.79 Å². The number of oxazole rings is 1. The number of alkyl halides is 2. The Morgan fingerprint density at radius 1 is 1.18 bits per heavy atom. The number of aromatic nitrogens is 1. The van der Waals surface area contributed by atoms with E-state index in [1.807, 2.05) is 29.2 Å². The minimum absolute atomic E-state index is 0.115. The van der Waals surface area contributed by atoms with Crippen LogP contribution in [0.3, 0.4) is 0 Å². The van der Waals surface area contributed by atoms with E-state index < -0.39 is 5.92 Å². The number of halogens is 2. The molecule has 0 aliphatic carbocycles. The maximum atomic E-state index is 13.5. The summed E-state index contributed by atoms with van der Waals surface area (Å²) in [6, 6.07) is 14.0. The van der Waals surface area contributed by atoms with E-state index in [1.54, 1.807) is 6.07 Å². The van der Waals surface area contributed by atoms with Gasteiger partial charge in [-0.1, -0.05) is 24.3 Å². The van der Waals surface area contributed by atoms with Crippen LogP contribution in [0.1, 0.15) is 25.3 Å². The van der Waals surface area contributed by atoms with Crippen molar-refractivity contribution in [2.24, 2.45) is 5.92 Å². The molecule has 1 fully saturated rings. The van der Waals surface area contributed by atoms with Crippen LogP contribution in [0.2, 0.25) is 0 Å². The Bertz CT molecular complexity index is 955. The third-order valence-electron chi connectivity index (χ3n) is 5.06. The van der Waals surface area contributed by atoms with E-state index in [0.29, 0.717) is 37.6 Å². The molecule has 1 N–H and O–H groups in total. The number of carbonyl (C=O) groups excluding carboxylic acids is 1. The van der Waals surface area contributed by atoms with Gasteiger partial charge in [0.1, 0.15) is 5.52 Å². The Morgan fingerprint density at radius 3 is 2.64 bits per heavy atom. The lowest BCUT2D eigenvalue weighted by Gasteiger charge is -2.30. The Kier molecular flexibility index (Phi) is 4.75. The van der Waals surface area contributed by atoms with Crippen molar-refractivity contribution in [2.75, 3.05) is 23.3 Å². The molecule has 2 aromatic carbocycles. The Morgan fingerprint density at radius 2 is 1.93 bits per heavy atom. The predicted octanol–water partition coefficient (Wildman–Crippen LogP) is 4.79. The predicted molar refractivity (Wildman–Crippen MR) is 104 cm³/mol. The monoisotopic (exact) mass is 385 g/mol. The summed E-state index contributed by atoms with van der Waals surface area (Å²) in [4.78, 5) is 19.1. The average Bonchev–Trinajstić information content (AvgIpc) is 3.12. The van der Waals surface area contributed by atoms with Crippen molar-refractivity contribution in [2.45, 2.75) is 25.7 Å². The molecule has 1 saturated heterocycles. The number of carbonyl (C=O) groups is 1. The first-order valence-electron chi connectivity index (χ1n) is 9.30. The van der Waals surface area contributed by atoms with Gasteiger partial charge in [0.25, 0.3) is 11.9 Å². The minimum atomic E-state index is -2.94. The smallest absolute Gasteiger partial charge is 0.298 e. The van der Waals surface area contributed by atoms with E-state index in [0.717, 1.165) is 18.0 Å². The van der Waals surface area contributed by atoms with Crippen LogP contribution >= 0.6 is 0 Å². The van der Waals surface area contributed by atoms with E-state index in [4.69, 9.17) is 4.42 Å². The number of rotatable bonds is 4. The Hall–Kier alpha value is -2.96. The topological polar surface area (TPSA) is 58.4 Å². The summed E-state index contributed by atoms with van der Waals surface area (Å²) in [6.07, 6.45) is 1.29. The molecule has 1 aromatic heterocycles. The zero-order valence-electron chi connectivity index (χ0n) is 15.5. The van der Waals surface area contributed by atoms with E-state index in [-0.39, 0.29) is 17.4 Å². The second-order valence-corrected chi connectivity index (χ2v) is 7.18. The average molecular weight is 385 g/mol. The van der Waals surface area contributed by atoms with E-state index >= 15 is 0 Å². The fourth-order valence-corrected chi connectivity index (χ4v) is 3.44. The molecule has 0 saturated carbocycles. The standard InChI is InChI=1S/C21H21F2N3O2/c1-21(22,23)15-5-4-6-16(13-15)24-19(27)14-9-11-26(12-10-14)20-25-17-7-2-3-8-18(17)28-20/h2-8,13-14H,9-12H2,1H3,(H,24,27). The quantitative estimate of drug-likeness (QED) is 0.701. The molecule has 28 heavy (non-hydrogen) atoms. The SMILES string of the molecule is CC(F)(F)c1cccc(NC(=O)C2CCN(c3nc4ccccc4o3)CC2)c1. The molecule has 146 valence electrons. The van der Waals surface area contributed by atoms with Crippen molar-refractivity contribution < 1.29 is 18.0 Å². The number of nitrogens with one attached hydrogen (secondary N) is 1. The third-order valence-corrected chi connectivity index (χ3v) is 5.06. The molecule has 0 bridgehead atoms. The van der Waals surface area contributed by atoms with Gasteiger partial charge in [-0.25, -0.2) is 8.78 Å². The lowest BCUT2D eigenvalue weighted by molar-refractivity contribution is -0.120. The molecular weight excluding hydrogens is 364 g/mol. The van der Waals surface area contributed by atoms with Crippen LogP contribution in [-0.2, 0) is 10.7 Å². The lowest BCUT2D eigenvalue weighted by Crippen LogP contribution is -2.38. The van der Waals surface area contributed by atoms with Crippen molar-refractivity contribution in [3.05, 3.63) is 54.1 Å².